The van der Waals surface area contributed by atoms with E-state index in [-0.39, 0.29) is 0 Å². The van der Waals surface area contributed by atoms with E-state index in [0.717, 1.165) is 4.88 Å². The molecule has 1 rings (SSSR count). The van der Waals surface area contributed by atoms with Crippen molar-refractivity contribution in [3.63, 3.8) is 0 Å². The van der Waals surface area contributed by atoms with Gasteiger partial charge in [-0.15, -0.1) is 11.3 Å². The van der Waals surface area contributed by atoms with E-state index in [1.807, 2.05) is 17.5 Å². The highest BCUT2D eigenvalue weighted by atomic mass is 32.1. The number of carbonyl (C=O) groups excluding carboxylic acids is 1. The molecule has 0 aliphatic heterocycles. The summed E-state index contributed by atoms with van der Waals surface area (Å²) in [6, 6.07) is 3.78. The molecule has 9 heavy (non-hydrogen) atoms. The highest BCUT2D eigenvalue weighted by molar-refractivity contribution is 7.10. The van der Waals surface area contributed by atoms with Crippen LogP contribution in [-0.4, -0.2) is 6.29 Å². The summed E-state index contributed by atoms with van der Waals surface area (Å²) in [4.78, 5) is 10.7. The third-order valence-corrected chi connectivity index (χ3v) is 1.56. The molecule has 0 saturated heterocycles. The molecule has 1 nitrogen and oxygen atoms in total. The Hall–Kier alpha value is -1.07. The molecule has 0 aliphatic rings. The largest absolute Gasteiger partial charge is 0.289 e. The number of thiophene rings is 1. The molecule has 2 heteroatoms. The molecule has 0 fully saturated rings. The Balaban J connectivity index is 2.78. The molecular weight excluding hydrogens is 132 g/mol. The summed E-state index contributed by atoms with van der Waals surface area (Å²) in [5.41, 5.74) is 0. The summed E-state index contributed by atoms with van der Waals surface area (Å²) in [6.45, 7) is 0. The lowest BCUT2D eigenvalue weighted by Gasteiger charge is -1.69. The van der Waals surface area contributed by atoms with Crippen LogP contribution in [0.1, 0.15) is 4.88 Å². The second kappa shape index (κ2) is 3.06. The Morgan fingerprint density at radius 2 is 2.56 bits per heavy atom. The second-order valence-corrected chi connectivity index (χ2v) is 2.31. The number of rotatable bonds is 0. The van der Waals surface area contributed by atoms with Gasteiger partial charge in [0.05, 0.1) is 4.88 Å². The minimum absolute atomic E-state index is 0.597. The minimum atomic E-state index is 0.597. The van der Waals surface area contributed by atoms with Crippen LogP contribution in [0.4, 0.5) is 0 Å². The molecule has 0 unspecified atom stereocenters. The summed E-state index contributed by atoms with van der Waals surface area (Å²) in [5, 5.41) is 1.93. The van der Waals surface area contributed by atoms with E-state index < -0.39 is 0 Å². The molecule has 0 aliphatic carbocycles. The molecule has 0 amide bonds. The van der Waals surface area contributed by atoms with Crippen molar-refractivity contribution in [3.05, 3.63) is 22.4 Å². The van der Waals surface area contributed by atoms with Crippen molar-refractivity contribution in [1.82, 2.24) is 0 Å². The minimum Gasteiger partial charge on any atom is -0.289 e. The molecular formula is C7H4OS. The number of hydrogen-bond acceptors (Lipinski definition) is 2. The second-order valence-electron chi connectivity index (χ2n) is 1.36. The van der Waals surface area contributed by atoms with Gasteiger partial charge in [0.2, 0.25) is 0 Å². The fourth-order valence-electron chi connectivity index (χ4n) is 0.450. The maximum Gasteiger partial charge on any atom is 0.193 e. The zero-order valence-corrected chi connectivity index (χ0v) is 5.44. The molecule has 0 atom stereocenters. The molecule has 1 aromatic heterocycles. The topological polar surface area (TPSA) is 17.1 Å². The Kier molecular flexibility index (Phi) is 2.06. The van der Waals surface area contributed by atoms with Gasteiger partial charge < -0.3 is 0 Å². The van der Waals surface area contributed by atoms with Crippen LogP contribution < -0.4 is 0 Å². The fraction of sp³-hybridized carbons (Fsp3) is 0. The summed E-state index contributed by atoms with van der Waals surface area (Å²) < 4.78 is 0. The van der Waals surface area contributed by atoms with Gasteiger partial charge in [-0.2, -0.15) is 0 Å². The van der Waals surface area contributed by atoms with Crippen LogP contribution in [0.5, 0.6) is 0 Å². The maximum atomic E-state index is 9.73. The van der Waals surface area contributed by atoms with Crippen LogP contribution in [0.15, 0.2) is 17.5 Å². The zero-order chi connectivity index (χ0) is 6.53. The summed E-state index contributed by atoms with van der Waals surface area (Å²) in [6.07, 6.45) is 0.597. The molecule has 0 saturated carbocycles. The van der Waals surface area contributed by atoms with Crippen LogP contribution in [-0.2, 0) is 4.79 Å². The normalized spacial score (nSPS) is 7.56. The van der Waals surface area contributed by atoms with Gasteiger partial charge in [0.25, 0.3) is 0 Å². The van der Waals surface area contributed by atoms with Gasteiger partial charge in [0, 0.05) is 0 Å². The molecule has 0 radical (unpaired) electrons. The molecule has 44 valence electrons. The molecule has 0 N–H and O–H groups in total. The van der Waals surface area contributed by atoms with Gasteiger partial charge in [-0.3, -0.25) is 4.79 Å². The van der Waals surface area contributed by atoms with Crippen LogP contribution >= 0.6 is 11.3 Å². The van der Waals surface area contributed by atoms with E-state index >= 15 is 0 Å². The van der Waals surface area contributed by atoms with Crippen molar-refractivity contribution < 1.29 is 4.79 Å². The Morgan fingerprint density at radius 1 is 1.67 bits per heavy atom. The smallest absolute Gasteiger partial charge is 0.193 e. The molecule has 1 heterocycles. The lowest BCUT2D eigenvalue weighted by molar-refractivity contribution is -0.103. The average Bonchev–Trinajstić information content (AvgIpc) is 2.34. The number of aldehydes is 1. The standard InChI is InChI=1S/C7H4OS/c8-5-1-3-7-4-2-6-9-7/h2,4-6H. The van der Waals surface area contributed by atoms with E-state index in [1.54, 1.807) is 0 Å². The van der Waals surface area contributed by atoms with E-state index in [1.165, 1.54) is 11.3 Å². The average molecular weight is 136 g/mol. The van der Waals surface area contributed by atoms with Crippen molar-refractivity contribution in [2.75, 3.05) is 0 Å². The van der Waals surface area contributed by atoms with Crippen molar-refractivity contribution >= 4 is 17.6 Å². The number of carbonyl (C=O) groups is 1. The first-order valence-electron chi connectivity index (χ1n) is 2.42. The third kappa shape index (κ3) is 1.71. The summed E-state index contributed by atoms with van der Waals surface area (Å²) in [5.74, 6) is 5.01. The van der Waals surface area contributed by atoms with E-state index in [0.29, 0.717) is 6.29 Å². The summed E-state index contributed by atoms with van der Waals surface area (Å²) >= 11 is 1.53. The number of hydrogen-bond donors (Lipinski definition) is 0. The van der Waals surface area contributed by atoms with Crippen molar-refractivity contribution in [2.24, 2.45) is 0 Å². The van der Waals surface area contributed by atoms with E-state index in [9.17, 15) is 4.79 Å². The quantitative estimate of drug-likeness (QED) is 0.388. The third-order valence-electron chi connectivity index (χ3n) is 0.775. The molecule has 0 aromatic carbocycles. The van der Waals surface area contributed by atoms with Crippen molar-refractivity contribution in [3.8, 4) is 11.8 Å². The lowest BCUT2D eigenvalue weighted by atomic mass is 10.5. The van der Waals surface area contributed by atoms with Gasteiger partial charge in [0.15, 0.2) is 6.29 Å². The van der Waals surface area contributed by atoms with Crippen LogP contribution in [0.3, 0.4) is 0 Å². The summed E-state index contributed by atoms with van der Waals surface area (Å²) in [7, 11) is 0. The Labute approximate surface area is 57.3 Å². The Morgan fingerprint density at radius 3 is 3.11 bits per heavy atom. The van der Waals surface area contributed by atoms with Gasteiger partial charge >= 0.3 is 0 Å². The monoisotopic (exact) mass is 136 g/mol. The first-order valence-corrected chi connectivity index (χ1v) is 3.30. The molecule has 0 bridgehead atoms. The molecule has 0 spiro atoms. The first kappa shape index (κ1) is 6.06. The highest BCUT2D eigenvalue weighted by Crippen LogP contribution is 2.04. The van der Waals surface area contributed by atoms with E-state index in [4.69, 9.17) is 0 Å². The van der Waals surface area contributed by atoms with Crippen molar-refractivity contribution in [1.29, 1.82) is 0 Å². The van der Waals surface area contributed by atoms with Crippen LogP contribution in [0.25, 0.3) is 0 Å². The highest BCUT2D eigenvalue weighted by Gasteiger charge is 1.81. The van der Waals surface area contributed by atoms with Gasteiger partial charge in [0.1, 0.15) is 0 Å². The van der Waals surface area contributed by atoms with Gasteiger partial charge in [-0.1, -0.05) is 6.07 Å². The van der Waals surface area contributed by atoms with E-state index in [2.05, 4.69) is 11.8 Å². The zero-order valence-electron chi connectivity index (χ0n) is 4.63. The predicted octanol–water partition coefficient (Wildman–Crippen LogP) is 1.30. The van der Waals surface area contributed by atoms with Gasteiger partial charge in [-0.05, 0) is 23.3 Å². The SMILES string of the molecule is O=CC#Cc1cccs1. The van der Waals surface area contributed by atoms with Crippen molar-refractivity contribution in [2.45, 2.75) is 0 Å². The predicted molar refractivity (Wildman–Crippen MR) is 37.3 cm³/mol. The molecule has 1 aromatic rings. The van der Waals surface area contributed by atoms with Gasteiger partial charge in [-0.25, -0.2) is 0 Å². The van der Waals surface area contributed by atoms with Crippen LogP contribution in [0, 0.1) is 11.8 Å². The maximum absolute atomic E-state index is 9.73. The van der Waals surface area contributed by atoms with Crippen LogP contribution in [0.2, 0.25) is 0 Å². The first-order chi connectivity index (χ1) is 4.43. The fourth-order valence-corrected chi connectivity index (χ4v) is 1.03. The lowest BCUT2D eigenvalue weighted by Crippen LogP contribution is -1.61. The Bertz CT molecular complexity index is 238.